The number of H-pyrrole nitrogens is 1. The van der Waals surface area contributed by atoms with Crippen molar-refractivity contribution in [1.29, 1.82) is 0 Å². The Morgan fingerprint density at radius 2 is 1.81 bits per heavy atom. The number of nitrogens with zero attached hydrogens (tertiary/aromatic N) is 6. The molecule has 1 fully saturated rings. The number of ether oxygens (including phenoxy) is 1. The van der Waals surface area contributed by atoms with E-state index in [1.54, 1.807) is 35.2 Å². The van der Waals surface area contributed by atoms with Gasteiger partial charge in [-0.05, 0) is 29.3 Å². The quantitative estimate of drug-likeness (QED) is 0.336. The van der Waals surface area contributed by atoms with Crippen LogP contribution in [0, 0.1) is 5.82 Å². The van der Waals surface area contributed by atoms with Crippen molar-refractivity contribution >= 4 is 17.4 Å². The van der Waals surface area contributed by atoms with Crippen LogP contribution in [-0.4, -0.2) is 63.8 Å². The highest BCUT2D eigenvalue weighted by atomic mass is 19.4. The van der Waals surface area contributed by atoms with Gasteiger partial charge in [0.15, 0.2) is 0 Å². The average Bonchev–Trinajstić information content (AvgIpc) is 3.38. The number of alkyl halides is 3. The van der Waals surface area contributed by atoms with E-state index in [1.165, 1.54) is 23.4 Å². The molecule has 0 saturated carbocycles. The fourth-order valence-electron chi connectivity index (χ4n) is 5.44. The Kier molecular flexibility index (Phi) is 7.42. The second-order valence-electron chi connectivity index (χ2n) is 10.1. The Bertz CT molecular complexity index is 1690. The lowest BCUT2D eigenvalue weighted by molar-refractivity contribution is -0.138. The van der Waals surface area contributed by atoms with E-state index in [0.717, 1.165) is 23.5 Å². The molecule has 0 spiro atoms. The zero-order valence-electron chi connectivity index (χ0n) is 22.6. The number of benzene rings is 1. The van der Waals surface area contributed by atoms with Gasteiger partial charge in [0.25, 0.3) is 11.5 Å². The highest BCUT2D eigenvalue weighted by Gasteiger charge is 2.42. The molecule has 1 N–H and O–H groups in total. The normalized spacial score (nSPS) is 16.7. The van der Waals surface area contributed by atoms with Crippen LogP contribution in [0.1, 0.15) is 33.1 Å². The van der Waals surface area contributed by atoms with Crippen LogP contribution in [0.5, 0.6) is 5.75 Å². The summed E-state index contributed by atoms with van der Waals surface area (Å²) in [6.07, 6.45) is 0.106. The van der Waals surface area contributed by atoms with Crippen molar-refractivity contribution in [3.8, 4) is 5.75 Å². The molecule has 222 valence electrons. The van der Waals surface area contributed by atoms with Gasteiger partial charge in [-0.25, -0.2) is 14.5 Å². The second-order valence-corrected chi connectivity index (χ2v) is 10.1. The fourth-order valence-corrected chi connectivity index (χ4v) is 5.44. The highest BCUT2D eigenvalue weighted by molar-refractivity contribution is 5.94. The van der Waals surface area contributed by atoms with Gasteiger partial charge >= 0.3 is 6.18 Å². The Labute approximate surface area is 242 Å². The largest absolute Gasteiger partial charge is 0.489 e. The number of carbonyl (C=O) groups excluding carboxylic acids is 1. The minimum Gasteiger partial charge on any atom is -0.489 e. The summed E-state index contributed by atoms with van der Waals surface area (Å²) >= 11 is 0. The van der Waals surface area contributed by atoms with Crippen molar-refractivity contribution in [2.24, 2.45) is 0 Å². The molecule has 2 aliphatic rings. The van der Waals surface area contributed by atoms with Gasteiger partial charge in [0.1, 0.15) is 29.6 Å². The van der Waals surface area contributed by atoms with Crippen LogP contribution >= 0.6 is 0 Å². The van der Waals surface area contributed by atoms with Gasteiger partial charge in [0, 0.05) is 38.9 Å². The van der Waals surface area contributed by atoms with Crippen molar-refractivity contribution in [3.05, 3.63) is 106 Å². The SMILES string of the molecule is O=C(c1cncc(OC[C@@H]2c3ccccc3CN2c2cn[nH]c(=O)c2C(F)(F)F)c1)N1CCN(c2ccc(F)cn2)CC1. The molecule has 3 aromatic heterocycles. The molecule has 0 bridgehead atoms. The molecule has 43 heavy (non-hydrogen) atoms. The number of amides is 1. The molecule has 10 nitrogen and oxygen atoms in total. The number of anilines is 2. The lowest BCUT2D eigenvalue weighted by Crippen LogP contribution is -2.49. The number of fused-ring (bicyclic) bond motifs is 1. The van der Waals surface area contributed by atoms with E-state index in [-0.39, 0.29) is 30.5 Å². The van der Waals surface area contributed by atoms with Crippen LogP contribution in [0.25, 0.3) is 0 Å². The first-order valence-corrected chi connectivity index (χ1v) is 13.4. The summed E-state index contributed by atoms with van der Waals surface area (Å²) in [5.41, 5.74) is -1.16. The number of pyridine rings is 2. The van der Waals surface area contributed by atoms with Gasteiger partial charge in [0.05, 0.1) is 35.9 Å². The molecule has 4 aromatic rings. The maximum Gasteiger partial charge on any atom is 0.423 e. The molecule has 1 saturated heterocycles. The lowest BCUT2D eigenvalue weighted by atomic mass is 10.1. The number of piperazine rings is 1. The van der Waals surface area contributed by atoms with E-state index in [1.807, 2.05) is 16.1 Å². The number of hydrogen-bond donors (Lipinski definition) is 1. The van der Waals surface area contributed by atoms with Gasteiger partial charge < -0.3 is 19.4 Å². The number of carbonyl (C=O) groups is 1. The molecule has 1 amide bonds. The van der Waals surface area contributed by atoms with E-state index in [4.69, 9.17) is 4.74 Å². The van der Waals surface area contributed by atoms with Crippen molar-refractivity contribution in [3.63, 3.8) is 0 Å². The minimum absolute atomic E-state index is 0.0796. The molecular formula is C29H25F4N7O3. The summed E-state index contributed by atoms with van der Waals surface area (Å²) in [4.78, 5) is 38.8. The first kappa shape index (κ1) is 28.1. The Balaban J connectivity index is 1.17. The third-order valence-corrected chi connectivity index (χ3v) is 7.53. The number of nitrogens with one attached hydrogen (secondary N) is 1. The molecule has 1 aromatic carbocycles. The van der Waals surface area contributed by atoms with Crippen molar-refractivity contribution < 1.29 is 27.1 Å². The Morgan fingerprint density at radius 3 is 2.56 bits per heavy atom. The summed E-state index contributed by atoms with van der Waals surface area (Å²) in [6.45, 7) is 1.91. The maximum atomic E-state index is 13.9. The van der Waals surface area contributed by atoms with E-state index in [0.29, 0.717) is 37.6 Å². The minimum atomic E-state index is -4.90. The fraction of sp³-hybridized carbons (Fsp3) is 0.276. The Morgan fingerprint density at radius 1 is 1.02 bits per heavy atom. The summed E-state index contributed by atoms with van der Waals surface area (Å²) < 4.78 is 60.9. The standard InChI is InChI=1S/C29H25F4N7O3/c30-20-5-6-25(35-13-20)38-7-9-39(10-8-38)28(42)19-11-21(14-34-12-19)43-17-24-22-4-2-1-3-18(22)16-40(24)23-15-36-37-27(41)26(23)29(31,32)33/h1-6,11-15,24H,7-10,16-17H2,(H,37,41)/t24-/m1/s1. The van der Waals surface area contributed by atoms with Crippen LogP contribution in [0.3, 0.4) is 0 Å². The Hall–Kier alpha value is -5.01. The van der Waals surface area contributed by atoms with Gasteiger partial charge in [-0.2, -0.15) is 18.3 Å². The van der Waals surface area contributed by atoms with Gasteiger partial charge in [-0.3, -0.25) is 14.6 Å². The topological polar surface area (TPSA) is 108 Å². The van der Waals surface area contributed by atoms with Crippen LogP contribution in [0.2, 0.25) is 0 Å². The highest BCUT2D eigenvalue weighted by Crippen LogP contribution is 2.42. The molecule has 0 unspecified atom stereocenters. The molecule has 6 rings (SSSR count). The molecule has 0 radical (unpaired) electrons. The predicted molar refractivity (Wildman–Crippen MR) is 147 cm³/mol. The predicted octanol–water partition coefficient (Wildman–Crippen LogP) is 3.82. The number of aromatic amines is 1. The van der Waals surface area contributed by atoms with Crippen molar-refractivity contribution in [2.45, 2.75) is 18.8 Å². The second kappa shape index (κ2) is 11.3. The molecule has 0 aliphatic carbocycles. The zero-order valence-corrected chi connectivity index (χ0v) is 22.6. The molecule has 14 heteroatoms. The molecule has 2 aliphatic heterocycles. The van der Waals surface area contributed by atoms with Crippen molar-refractivity contribution in [1.82, 2.24) is 25.1 Å². The third kappa shape index (κ3) is 5.72. The summed E-state index contributed by atoms with van der Waals surface area (Å²) in [5, 5.41) is 5.50. The van der Waals surface area contributed by atoms with Gasteiger partial charge in [-0.1, -0.05) is 24.3 Å². The summed E-state index contributed by atoms with van der Waals surface area (Å²) in [6, 6.07) is 11.0. The van der Waals surface area contributed by atoms with E-state index >= 15 is 0 Å². The van der Waals surface area contributed by atoms with Crippen LogP contribution in [0.15, 0.2) is 72.0 Å². The smallest absolute Gasteiger partial charge is 0.423 e. The number of halogens is 4. The number of aromatic nitrogens is 4. The van der Waals surface area contributed by atoms with Crippen LogP contribution < -0.4 is 20.1 Å². The number of rotatable bonds is 6. The first-order chi connectivity index (χ1) is 20.7. The molecule has 5 heterocycles. The van der Waals surface area contributed by atoms with E-state index < -0.39 is 29.2 Å². The molecular weight excluding hydrogens is 570 g/mol. The maximum absolute atomic E-state index is 13.9. The van der Waals surface area contributed by atoms with E-state index in [2.05, 4.69) is 15.1 Å². The lowest BCUT2D eigenvalue weighted by Gasteiger charge is -2.35. The van der Waals surface area contributed by atoms with Crippen molar-refractivity contribution in [2.75, 3.05) is 42.6 Å². The zero-order chi connectivity index (χ0) is 30.1. The van der Waals surface area contributed by atoms with Gasteiger partial charge in [0.2, 0.25) is 0 Å². The average molecular weight is 596 g/mol. The summed E-state index contributed by atoms with van der Waals surface area (Å²) in [7, 11) is 0. The third-order valence-electron chi connectivity index (χ3n) is 7.53. The monoisotopic (exact) mass is 595 g/mol. The summed E-state index contributed by atoms with van der Waals surface area (Å²) in [5.74, 6) is 0.230. The van der Waals surface area contributed by atoms with Crippen LogP contribution in [0.4, 0.5) is 29.1 Å². The van der Waals surface area contributed by atoms with E-state index in [9.17, 15) is 27.2 Å². The van der Waals surface area contributed by atoms with Gasteiger partial charge in [-0.15, -0.1) is 0 Å². The number of hydrogen-bond acceptors (Lipinski definition) is 8. The first-order valence-electron chi connectivity index (χ1n) is 13.4. The molecule has 1 atom stereocenters. The van der Waals surface area contributed by atoms with Crippen LogP contribution in [-0.2, 0) is 12.7 Å².